The summed E-state index contributed by atoms with van der Waals surface area (Å²) in [5.74, 6) is 1.09. The molecule has 0 spiro atoms. The fraction of sp³-hybridized carbons (Fsp3) is 0.222. The molecular weight excluding hydrogens is 310 g/mol. The van der Waals surface area contributed by atoms with Crippen LogP contribution in [0.2, 0.25) is 5.02 Å². The van der Waals surface area contributed by atoms with E-state index in [1.807, 2.05) is 55.5 Å². The quantitative estimate of drug-likeness (QED) is 0.747. The van der Waals surface area contributed by atoms with Crippen molar-refractivity contribution in [3.63, 3.8) is 0 Å². The van der Waals surface area contributed by atoms with Crippen LogP contribution in [0.5, 0.6) is 0 Å². The Hall–Kier alpha value is -2.17. The van der Waals surface area contributed by atoms with E-state index in [0.717, 1.165) is 21.7 Å². The van der Waals surface area contributed by atoms with Crippen molar-refractivity contribution in [2.75, 3.05) is 0 Å². The number of nitrogens with zero attached hydrogens (tertiary/aromatic N) is 2. The molecule has 0 fully saturated rings. The van der Waals surface area contributed by atoms with E-state index in [4.69, 9.17) is 16.0 Å². The van der Waals surface area contributed by atoms with Crippen LogP contribution in [0.3, 0.4) is 0 Å². The molecule has 0 saturated heterocycles. The topological polar surface area (TPSA) is 51.0 Å². The van der Waals surface area contributed by atoms with Gasteiger partial charge in [0.15, 0.2) is 0 Å². The van der Waals surface area contributed by atoms with Crippen LogP contribution in [-0.4, -0.2) is 10.2 Å². The molecule has 0 saturated carbocycles. The lowest BCUT2D eigenvalue weighted by Gasteiger charge is -2.14. The normalized spacial score (nSPS) is 12.3. The van der Waals surface area contributed by atoms with Crippen molar-refractivity contribution in [2.45, 2.75) is 26.4 Å². The molecular formula is C18H18ClN3O. The highest BCUT2D eigenvalue weighted by Crippen LogP contribution is 2.23. The van der Waals surface area contributed by atoms with Crippen molar-refractivity contribution >= 4 is 11.6 Å². The van der Waals surface area contributed by atoms with Crippen LogP contribution in [0, 0.1) is 6.92 Å². The number of hydrogen-bond acceptors (Lipinski definition) is 4. The van der Waals surface area contributed by atoms with Crippen molar-refractivity contribution in [1.82, 2.24) is 15.5 Å². The molecule has 2 aromatic carbocycles. The lowest BCUT2D eigenvalue weighted by Crippen LogP contribution is -2.18. The van der Waals surface area contributed by atoms with Crippen molar-refractivity contribution in [1.29, 1.82) is 0 Å². The summed E-state index contributed by atoms with van der Waals surface area (Å²) in [5, 5.41) is 12.3. The first kappa shape index (κ1) is 15.7. The Bertz CT molecular complexity index is 800. The highest BCUT2D eigenvalue weighted by Gasteiger charge is 2.12. The predicted octanol–water partition coefficient (Wildman–Crippen LogP) is 4.55. The highest BCUT2D eigenvalue weighted by molar-refractivity contribution is 6.31. The first-order valence-corrected chi connectivity index (χ1v) is 7.88. The van der Waals surface area contributed by atoms with Crippen molar-refractivity contribution in [3.8, 4) is 11.5 Å². The van der Waals surface area contributed by atoms with Crippen LogP contribution in [0.1, 0.15) is 30.0 Å². The molecule has 0 aliphatic rings. The zero-order valence-electron chi connectivity index (χ0n) is 13.1. The van der Waals surface area contributed by atoms with E-state index in [1.54, 1.807) is 0 Å². The maximum Gasteiger partial charge on any atom is 0.247 e. The lowest BCUT2D eigenvalue weighted by atomic mass is 10.1. The van der Waals surface area contributed by atoms with E-state index in [-0.39, 0.29) is 6.04 Å². The monoisotopic (exact) mass is 327 g/mol. The Labute approximate surface area is 140 Å². The Morgan fingerprint density at radius 3 is 2.74 bits per heavy atom. The Morgan fingerprint density at radius 2 is 1.96 bits per heavy atom. The first-order chi connectivity index (χ1) is 11.1. The third kappa shape index (κ3) is 3.78. The molecule has 3 rings (SSSR count). The van der Waals surface area contributed by atoms with Crippen molar-refractivity contribution in [2.24, 2.45) is 0 Å². The summed E-state index contributed by atoms with van der Waals surface area (Å²) < 4.78 is 5.72. The molecule has 23 heavy (non-hydrogen) atoms. The second-order valence-electron chi connectivity index (χ2n) is 5.49. The predicted molar refractivity (Wildman–Crippen MR) is 91.2 cm³/mol. The number of halogens is 1. The molecule has 1 heterocycles. The Morgan fingerprint density at radius 1 is 1.13 bits per heavy atom. The van der Waals surface area contributed by atoms with Gasteiger partial charge in [-0.05, 0) is 37.6 Å². The number of benzene rings is 2. The number of aryl methyl sites for hydroxylation is 1. The van der Waals surface area contributed by atoms with Gasteiger partial charge in [-0.3, -0.25) is 0 Å². The van der Waals surface area contributed by atoms with Gasteiger partial charge in [0, 0.05) is 16.6 Å². The number of aromatic nitrogens is 2. The number of rotatable bonds is 5. The van der Waals surface area contributed by atoms with Gasteiger partial charge in [-0.25, -0.2) is 0 Å². The third-order valence-electron chi connectivity index (χ3n) is 3.66. The standard InChI is InChI=1S/C18H18ClN3O/c1-12-6-5-7-14(10-12)18-22-21-17(23-18)11-20-13(2)15-8-3-4-9-16(15)19/h3-10,13,20H,11H2,1-2H3. The molecule has 0 bridgehead atoms. The molecule has 5 heteroatoms. The third-order valence-corrected chi connectivity index (χ3v) is 4.01. The van der Waals surface area contributed by atoms with Gasteiger partial charge in [0.2, 0.25) is 11.8 Å². The van der Waals surface area contributed by atoms with Crippen LogP contribution < -0.4 is 5.32 Å². The van der Waals surface area contributed by atoms with Crippen LogP contribution in [-0.2, 0) is 6.54 Å². The SMILES string of the molecule is Cc1cccc(-c2nnc(CNC(C)c3ccccc3Cl)o2)c1. The zero-order valence-corrected chi connectivity index (χ0v) is 13.8. The van der Waals surface area contributed by atoms with Gasteiger partial charge in [0.1, 0.15) is 0 Å². The van der Waals surface area contributed by atoms with Crippen molar-refractivity contribution < 1.29 is 4.42 Å². The second kappa shape index (κ2) is 6.94. The Kier molecular flexibility index (Phi) is 4.74. The average Bonchev–Trinajstić information content (AvgIpc) is 3.02. The van der Waals surface area contributed by atoms with E-state index in [1.165, 1.54) is 0 Å². The Balaban J connectivity index is 1.67. The first-order valence-electron chi connectivity index (χ1n) is 7.50. The lowest BCUT2D eigenvalue weighted by molar-refractivity contribution is 0.454. The molecule has 0 aliphatic carbocycles. The van der Waals surface area contributed by atoms with Gasteiger partial charge >= 0.3 is 0 Å². The summed E-state index contributed by atoms with van der Waals surface area (Å²) in [4.78, 5) is 0. The van der Waals surface area contributed by atoms with Gasteiger partial charge in [-0.15, -0.1) is 10.2 Å². The molecule has 0 aliphatic heterocycles. The maximum absolute atomic E-state index is 6.21. The molecule has 1 aromatic heterocycles. The molecule has 1 atom stereocenters. The largest absolute Gasteiger partial charge is 0.419 e. The van der Waals surface area contributed by atoms with Gasteiger partial charge in [-0.2, -0.15) is 0 Å². The van der Waals surface area contributed by atoms with Crippen LogP contribution in [0.25, 0.3) is 11.5 Å². The van der Waals surface area contributed by atoms with Crippen molar-refractivity contribution in [3.05, 3.63) is 70.6 Å². The van der Waals surface area contributed by atoms with Crippen LogP contribution >= 0.6 is 11.6 Å². The molecule has 118 valence electrons. The summed E-state index contributed by atoms with van der Waals surface area (Å²) in [5.41, 5.74) is 3.14. The highest BCUT2D eigenvalue weighted by atomic mass is 35.5. The van der Waals surface area contributed by atoms with E-state index < -0.39 is 0 Å². The summed E-state index contributed by atoms with van der Waals surface area (Å²) in [7, 11) is 0. The summed E-state index contributed by atoms with van der Waals surface area (Å²) in [6.45, 7) is 4.58. The summed E-state index contributed by atoms with van der Waals surface area (Å²) in [6, 6.07) is 15.9. The van der Waals surface area contributed by atoms with Crippen LogP contribution in [0.15, 0.2) is 52.9 Å². The zero-order chi connectivity index (χ0) is 16.2. The molecule has 3 aromatic rings. The minimum atomic E-state index is 0.0954. The van der Waals surface area contributed by atoms with Gasteiger partial charge in [0.05, 0.1) is 6.54 Å². The molecule has 0 radical (unpaired) electrons. The summed E-state index contributed by atoms with van der Waals surface area (Å²) in [6.07, 6.45) is 0. The summed E-state index contributed by atoms with van der Waals surface area (Å²) >= 11 is 6.21. The smallest absolute Gasteiger partial charge is 0.247 e. The number of nitrogens with one attached hydrogen (secondary N) is 1. The van der Waals surface area contributed by atoms with Crippen LogP contribution in [0.4, 0.5) is 0 Å². The maximum atomic E-state index is 6.21. The minimum Gasteiger partial charge on any atom is -0.419 e. The number of hydrogen-bond donors (Lipinski definition) is 1. The van der Waals surface area contributed by atoms with E-state index >= 15 is 0 Å². The average molecular weight is 328 g/mol. The van der Waals surface area contributed by atoms with E-state index in [9.17, 15) is 0 Å². The fourth-order valence-electron chi connectivity index (χ4n) is 2.40. The molecule has 4 nitrogen and oxygen atoms in total. The van der Waals surface area contributed by atoms with Gasteiger partial charge < -0.3 is 9.73 Å². The molecule has 1 unspecified atom stereocenters. The molecule has 1 N–H and O–H groups in total. The van der Waals surface area contributed by atoms with E-state index in [0.29, 0.717) is 18.3 Å². The fourth-order valence-corrected chi connectivity index (χ4v) is 2.70. The van der Waals surface area contributed by atoms with E-state index in [2.05, 4.69) is 22.4 Å². The molecule has 0 amide bonds. The van der Waals surface area contributed by atoms with Gasteiger partial charge in [0.25, 0.3) is 0 Å². The van der Waals surface area contributed by atoms with Gasteiger partial charge in [-0.1, -0.05) is 47.5 Å². The minimum absolute atomic E-state index is 0.0954. The second-order valence-corrected chi connectivity index (χ2v) is 5.90.